The van der Waals surface area contributed by atoms with Gasteiger partial charge in [-0.2, -0.15) is 4.80 Å². The van der Waals surface area contributed by atoms with Gasteiger partial charge in [-0.3, -0.25) is 0 Å². The predicted octanol–water partition coefficient (Wildman–Crippen LogP) is 6.88. The molecule has 0 saturated heterocycles. The van der Waals surface area contributed by atoms with Crippen LogP contribution in [0.2, 0.25) is 0 Å². The molecule has 0 aliphatic carbocycles. The lowest BCUT2D eigenvalue weighted by Crippen LogP contribution is -2.08. The first-order valence-corrected chi connectivity index (χ1v) is 13.0. The first-order valence-electron chi connectivity index (χ1n) is 13.0. The zero-order valence-electron chi connectivity index (χ0n) is 21.1. The third-order valence-electron chi connectivity index (χ3n) is 5.84. The summed E-state index contributed by atoms with van der Waals surface area (Å²) >= 11 is 0. The molecule has 0 aliphatic rings. The molecule has 0 N–H and O–H groups in total. The zero-order valence-corrected chi connectivity index (χ0v) is 21.1. The minimum Gasteiger partial charge on any atom is -0.494 e. The maximum Gasteiger partial charge on any atom is 0.343 e. The highest BCUT2D eigenvalue weighted by Crippen LogP contribution is 2.21. The van der Waals surface area contributed by atoms with Gasteiger partial charge >= 0.3 is 5.97 Å². The molecule has 1 aromatic heterocycles. The van der Waals surface area contributed by atoms with Crippen LogP contribution in [0.15, 0.2) is 48.5 Å². The Hall–Kier alpha value is -3.22. The number of hydrogen-bond acceptors (Lipinski definition) is 6. The smallest absolute Gasteiger partial charge is 0.343 e. The third-order valence-corrected chi connectivity index (χ3v) is 5.84. The van der Waals surface area contributed by atoms with Gasteiger partial charge in [0, 0.05) is 5.56 Å². The molecular weight excluding hydrogens is 440 g/mol. The number of benzene rings is 2. The van der Waals surface area contributed by atoms with Crippen LogP contribution in [0.3, 0.4) is 0 Å². The second-order valence-electron chi connectivity index (χ2n) is 8.82. The quantitative estimate of drug-likeness (QED) is 0.127. The molecule has 0 radical (unpaired) electrons. The highest BCUT2D eigenvalue weighted by molar-refractivity contribution is 5.91. The van der Waals surface area contributed by atoms with Crippen molar-refractivity contribution in [2.24, 2.45) is 0 Å². The van der Waals surface area contributed by atoms with Gasteiger partial charge in [-0.1, -0.05) is 65.2 Å². The van der Waals surface area contributed by atoms with Crippen molar-refractivity contribution in [2.45, 2.75) is 84.6 Å². The maximum absolute atomic E-state index is 12.5. The molecule has 7 nitrogen and oxygen atoms in total. The van der Waals surface area contributed by atoms with E-state index in [0.29, 0.717) is 23.7 Å². The van der Waals surface area contributed by atoms with E-state index in [0.717, 1.165) is 30.7 Å². The zero-order chi connectivity index (χ0) is 24.7. The van der Waals surface area contributed by atoms with Crippen molar-refractivity contribution in [3.8, 4) is 22.9 Å². The summed E-state index contributed by atoms with van der Waals surface area (Å²) in [5.41, 5.74) is 1.31. The number of aryl methyl sites for hydroxylation is 1. The molecule has 0 bridgehead atoms. The molecule has 0 aliphatic heterocycles. The van der Waals surface area contributed by atoms with E-state index in [9.17, 15) is 4.79 Å². The molecule has 0 unspecified atom stereocenters. The van der Waals surface area contributed by atoms with Gasteiger partial charge in [0.25, 0.3) is 0 Å². The third kappa shape index (κ3) is 9.15. The van der Waals surface area contributed by atoms with E-state index in [2.05, 4.69) is 29.3 Å². The summed E-state index contributed by atoms with van der Waals surface area (Å²) in [4.78, 5) is 14.2. The number of rotatable bonds is 16. The van der Waals surface area contributed by atoms with Crippen LogP contribution in [-0.2, 0) is 6.54 Å². The van der Waals surface area contributed by atoms with E-state index in [4.69, 9.17) is 9.47 Å². The van der Waals surface area contributed by atoms with Crippen molar-refractivity contribution in [1.29, 1.82) is 0 Å². The molecule has 2 aromatic carbocycles. The van der Waals surface area contributed by atoms with Gasteiger partial charge in [0.15, 0.2) is 0 Å². The molecule has 35 heavy (non-hydrogen) atoms. The number of unbranched alkanes of at least 4 members (excludes halogenated alkanes) is 8. The molecule has 0 spiro atoms. The minimum atomic E-state index is -0.406. The fraction of sp³-hybridized carbons (Fsp3) is 0.500. The van der Waals surface area contributed by atoms with Crippen molar-refractivity contribution in [3.63, 3.8) is 0 Å². The second kappa shape index (κ2) is 14.9. The topological polar surface area (TPSA) is 79.1 Å². The monoisotopic (exact) mass is 478 g/mol. The van der Waals surface area contributed by atoms with Gasteiger partial charge in [0.1, 0.15) is 11.5 Å². The molecule has 3 aromatic rings. The van der Waals surface area contributed by atoms with Crippen LogP contribution in [0.5, 0.6) is 11.5 Å². The second-order valence-corrected chi connectivity index (χ2v) is 8.82. The molecule has 7 heteroatoms. The Balaban J connectivity index is 1.44. The fourth-order valence-electron chi connectivity index (χ4n) is 3.73. The Labute approximate surface area is 208 Å². The van der Waals surface area contributed by atoms with Crippen molar-refractivity contribution < 1.29 is 14.3 Å². The van der Waals surface area contributed by atoms with E-state index in [1.807, 2.05) is 24.3 Å². The Morgan fingerprint density at radius 3 is 2.09 bits per heavy atom. The molecule has 0 saturated carbocycles. The van der Waals surface area contributed by atoms with Gasteiger partial charge in [0.05, 0.1) is 18.7 Å². The summed E-state index contributed by atoms with van der Waals surface area (Å²) < 4.78 is 11.3. The van der Waals surface area contributed by atoms with Gasteiger partial charge in [-0.05, 0) is 66.6 Å². The number of carbonyl (C=O) groups excluding carboxylic acids is 1. The molecule has 188 valence electrons. The first-order chi connectivity index (χ1) is 17.2. The number of nitrogens with zero attached hydrogens (tertiary/aromatic N) is 4. The summed E-state index contributed by atoms with van der Waals surface area (Å²) in [6.45, 7) is 5.89. The van der Waals surface area contributed by atoms with Crippen molar-refractivity contribution in [1.82, 2.24) is 20.2 Å². The van der Waals surface area contributed by atoms with E-state index in [-0.39, 0.29) is 0 Å². The van der Waals surface area contributed by atoms with Crippen LogP contribution in [-0.4, -0.2) is 32.8 Å². The van der Waals surface area contributed by atoms with Crippen LogP contribution >= 0.6 is 0 Å². The molecule has 3 rings (SSSR count). The summed E-state index contributed by atoms with van der Waals surface area (Å²) in [6.07, 6.45) is 12.0. The highest BCUT2D eigenvalue weighted by Gasteiger charge is 2.11. The van der Waals surface area contributed by atoms with Gasteiger partial charge in [-0.15, -0.1) is 10.2 Å². The van der Waals surface area contributed by atoms with Crippen molar-refractivity contribution >= 4 is 5.97 Å². The van der Waals surface area contributed by atoms with Crippen LogP contribution in [0.4, 0.5) is 0 Å². The molecule has 0 fully saturated rings. The highest BCUT2D eigenvalue weighted by atomic mass is 16.5. The molecular formula is C28H38N4O3. The van der Waals surface area contributed by atoms with Gasteiger partial charge in [-0.25, -0.2) is 4.79 Å². The van der Waals surface area contributed by atoms with Crippen LogP contribution < -0.4 is 9.47 Å². The van der Waals surface area contributed by atoms with E-state index < -0.39 is 5.97 Å². The maximum atomic E-state index is 12.5. The lowest BCUT2D eigenvalue weighted by molar-refractivity contribution is 0.0734. The average Bonchev–Trinajstić information content (AvgIpc) is 3.36. The van der Waals surface area contributed by atoms with E-state index in [1.54, 1.807) is 29.1 Å². The van der Waals surface area contributed by atoms with Gasteiger partial charge in [0.2, 0.25) is 5.82 Å². The number of ether oxygens (including phenoxy) is 2. The summed E-state index contributed by atoms with van der Waals surface area (Å²) in [5.74, 6) is 1.39. The Kier molecular flexibility index (Phi) is 11.2. The lowest BCUT2D eigenvalue weighted by atomic mass is 10.2. The average molecular weight is 479 g/mol. The number of hydrogen-bond donors (Lipinski definition) is 0. The fourth-order valence-corrected chi connectivity index (χ4v) is 3.73. The van der Waals surface area contributed by atoms with Crippen LogP contribution in [0.25, 0.3) is 11.4 Å². The summed E-state index contributed by atoms with van der Waals surface area (Å²) in [5, 5.41) is 12.8. The molecule has 1 heterocycles. The standard InChI is InChI=1S/C28H38N4O3/c1-3-5-7-9-11-21-32-30-27(29-31-32)23-13-19-26(20-14-23)35-28(33)24-15-17-25(18-16-24)34-22-12-10-8-6-4-2/h13-20H,3-12,21-22H2,1-2H3. The number of tetrazole rings is 1. The van der Waals surface area contributed by atoms with E-state index >= 15 is 0 Å². The van der Waals surface area contributed by atoms with Crippen molar-refractivity contribution in [3.05, 3.63) is 54.1 Å². The normalized spacial score (nSPS) is 10.9. The van der Waals surface area contributed by atoms with Crippen LogP contribution in [0.1, 0.15) is 88.4 Å². The van der Waals surface area contributed by atoms with Gasteiger partial charge < -0.3 is 9.47 Å². The predicted molar refractivity (Wildman–Crippen MR) is 138 cm³/mol. The first kappa shape index (κ1) is 26.4. The Bertz CT molecular complexity index is 1000. The van der Waals surface area contributed by atoms with E-state index in [1.165, 1.54) is 51.4 Å². The summed E-state index contributed by atoms with van der Waals surface area (Å²) in [6, 6.07) is 14.2. The van der Waals surface area contributed by atoms with Crippen LogP contribution in [0, 0.1) is 0 Å². The SMILES string of the molecule is CCCCCCCOc1ccc(C(=O)Oc2ccc(-c3nnn(CCCCCCC)n3)cc2)cc1. The largest absolute Gasteiger partial charge is 0.494 e. The Morgan fingerprint density at radius 2 is 1.40 bits per heavy atom. The number of esters is 1. The molecule has 0 atom stereocenters. The lowest BCUT2D eigenvalue weighted by Gasteiger charge is -2.08. The molecule has 0 amide bonds. The number of aromatic nitrogens is 4. The Morgan fingerprint density at radius 1 is 0.771 bits per heavy atom. The van der Waals surface area contributed by atoms with Crippen molar-refractivity contribution in [2.75, 3.05) is 6.61 Å². The minimum absolute atomic E-state index is 0.406. The summed E-state index contributed by atoms with van der Waals surface area (Å²) in [7, 11) is 0. The number of carbonyl (C=O) groups is 1.